The summed E-state index contributed by atoms with van der Waals surface area (Å²) in [7, 11) is 0. The molecule has 7 nitrogen and oxygen atoms in total. The van der Waals surface area contributed by atoms with Crippen LogP contribution in [0, 0.1) is 0 Å². The summed E-state index contributed by atoms with van der Waals surface area (Å²) in [6.45, 7) is 3.10. The first-order chi connectivity index (χ1) is 15.6. The predicted molar refractivity (Wildman–Crippen MR) is 123 cm³/mol. The van der Waals surface area contributed by atoms with Crippen molar-refractivity contribution in [3.05, 3.63) is 101 Å². The minimum atomic E-state index is -0.218. The van der Waals surface area contributed by atoms with E-state index in [1.165, 1.54) is 10.7 Å². The van der Waals surface area contributed by atoms with E-state index in [0.717, 1.165) is 17.0 Å². The van der Waals surface area contributed by atoms with Gasteiger partial charge in [0.25, 0.3) is 11.5 Å². The normalized spacial score (nSPS) is 10.7. The number of nitrogens with one attached hydrogen (secondary N) is 1. The topological polar surface area (TPSA) is 78.1 Å². The molecule has 2 heterocycles. The van der Waals surface area contributed by atoms with Crippen molar-refractivity contribution < 1.29 is 9.53 Å². The van der Waals surface area contributed by atoms with E-state index in [4.69, 9.17) is 4.74 Å². The third-order valence-electron chi connectivity index (χ3n) is 4.97. The number of ether oxygens (including phenoxy) is 1. The van der Waals surface area contributed by atoms with E-state index in [1.807, 2.05) is 72.4 Å². The second-order valence-electron chi connectivity index (χ2n) is 7.13. The van der Waals surface area contributed by atoms with Gasteiger partial charge in [0.1, 0.15) is 5.75 Å². The maximum atomic E-state index is 12.5. The van der Waals surface area contributed by atoms with Crippen LogP contribution in [0.25, 0.3) is 16.9 Å². The smallest absolute Gasteiger partial charge is 0.266 e. The molecule has 0 saturated carbocycles. The Labute approximate surface area is 185 Å². The Morgan fingerprint density at radius 1 is 0.969 bits per heavy atom. The third-order valence-corrected chi connectivity index (χ3v) is 4.97. The number of aromatic nitrogens is 3. The van der Waals surface area contributed by atoms with E-state index >= 15 is 0 Å². The fourth-order valence-corrected chi connectivity index (χ4v) is 3.32. The third kappa shape index (κ3) is 4.95. The summed E-state index contributed by atoms with van der Waals surface area (Å²) in [5.41, 5.74) is 2.89. The van der Waals surface area contributed by atoms with Crippen LogP contribution in [0.1, 0.15) is 17.3 Å². The fraction of sp³-hybridized carbons (Fsp3) is 0.160. The molecular weight excluding hydrogens is 404 g/mol. The van der Waals surface area contributed by atoms with Crippen LogP contribution in [-0.2, 0) is 6.54 Å². The minimum Gasteiger partial charge on any atom is -0.494 e. The lowest BCUT2D eigenvalue weighted by molar-refractivity contribution is 0.0951. The summed E-state index contributed by atoms with van der Waals surface area (Å²) in [6, 6.07) is 22.0. The molecule has 0 unspecified atom stereocenters. The van der Waals surface area contributed by atoms with E-state index in [9.17, 15) is 9.59 Å². The van der Waals surface area contributed by atoms with Crippen LogP contribution >= 0.6 is 0 Å². The number of nitrogens with zero attached hydrogens (tertiary/aromatic N) is 3. The summed E-state index contributed by atoms with van der Waals surface area (Å²) in [5.74, 6) is 0.591. The molecule has 4 aromatic rings. The highest BCUT2D eigenvalue weighted by Gasteiger charge is 2.07. The van der Waals surface area contributed by atoms with Crippen molar-refractivity contribution in [2.75, 3.05) is 13.2 Å². The molecule has 7 heteroatoms. The Morgan fingerprint density at radius 3 is 2.38 bits per heavy atom. The summed E-state index contributed by atoms with van der Waals surface area (Å²) in [4.78, 5) is 24.7. The standard InChI is InChI=1S/C25H24N4O3/c1-2-32-22-11-7-19(8-12-22)23-13-14-24(30)29(27-23)18-15-26-25(31)20-5-9-21(10-6-20)28-16-3-4-17-28/h3-14,16-17H,2,15,18H2,1H3,(H,26,31). The Bertz CT molecular complexity index is 1230. The zero-order chi connectivity index (χ0) is 22.3. The molecule has 32 heavy (non-hydrogen) atoms. The highest BCUT2D eigenvalue weighted by molar-refractivity contribution is 5.94. The highest BCUT2D eigenvalue weighted by Crippen LogP contribution is 2.19. The van der Waals surface area contributed by atoms with E-state index in [0.29, 0.717) is 17.9 Å². The second kappa shape index (κ2) is 9.78. The predicted octanol–water partition coefficient (Wildman–Crippen LogP) is 3.53. The van der Waals surface area contributed by atoms with Crippen molar-refractivity contribution >= 4 is 5.91 Å². The van der Waals surface area contributed by atoms with Crippen LogP contribution in [-0.4, -0.2) is 33.4 Å². The van der Waals surface area contributed by atoms with Crippen LogP contribution in [0.15, 0.2) is 90.0 Å². The van der Waals surface area contributed by atoms with E-state index in [-0.39, 0.29) is 24.6 Å². The molecule has 2 aromatic carbocycles. The van der Waals surface area contributed by atoms with Gasteiger partial charge < -0.3 is 14.6 Å². The zero-order valence-electron chi connectivity index (χ0n) is 17.8. The Morgan fingerprint density at radius 2 is 1.69 bits per heavy atom. The molecule has 4 rings (SSSR count). The molecule has 0 bridgehead atoms. The molecule has 1 amide bonds. The number of amides is 1. The second-order valence-corrected chi connectivity index (χ2v) is 7.13. The molecule has 0 radical (unpaired) electrons. The van der Waals surface area contributed by atoms with Crippen molar-refractivity contribution in [2.45, 2.75) is 13.5 Å². The number of carbonyl (C=O) groups excluding carboxylic acids is 1. The number of benzene rings is 2. The SMILES string of the molecule is CCOc1ccc(-c2ccc(=O)n(CCNC(=O)c3ccc(-n4cccc4)cc3)n2)cc1. The van der Waals surface area contributed by atoms with Gasteiger partial charge in [0, 0.05) is 41.8 Å². The largest absolute Gasteiger partial charge is 0.494 e. The van der Waals surface area contributed by atoms with Crippen LogP contribution in [0.5, 0.6) is 5.75 Å². The molecule has 0 aliphatic heterocycles. The number of rotatable bonds is 8. The molecular formula is C25H24N4O3. The summed E-state index contributed by atoms with van der Waals surface area (Å²) in [6.07, 6.45) is 3.89. The van der Waals surface area contributed by atoms with E-state index in [2.05, 4.69) is 10.4 Å². The van der Waals surface area contributed by atoms with Gasteiger partial charge in [-0.15, -0.1) is 0 Å². The number of hydrogen-bond donors (Lipinski definition) is 1. The van der Waals surface area contributed by atoms with Gasteiger partial charge in [0.2, 0.25) is 0 Å². The van der Waals surface area contributed by atoms with Crippen LogP contribution in [0.4, 0.5) is 0 Å². The number of hydrogen-bond acceptors (Lipinski definition) is 4. The van der Waals surface area contributed by atoms with Gasteiger partial charge in [-0.1, -0.05) is 0 Å². The van der Waals surface area contributed by atoms with Crippen LogP contribution in [0.2, 0.25) is 0 Å². The quantitative estimate of drug-likeness (QED) is 0.466. The fourth-order valence-electron chi connectivity index (χ4n) is 3.32. The minimum absolute atomic E-state index is 0.195. The number of carbonyl (C=O) groups is 1. The molecule has 0 aliphatic carbocycles. The van der Waals surface area contributed by atoms with E-state index < -0.39 is 0 Å². The lowest BCUT2D eigenvalue weighted by Crippen LogP contribution is -2.31. The molecule has 0 spiro atoms. The first-order valence-electron chi connectivity index (χ1n) is 10.5. The van der Waals surface area contributed by atoms with Gasteiger partial charge in [-0.05, 0) is 73.7 Å². The lowest BCUT2D eigenvalue weighted by atomic mass is 10.1. The summed E-state index contributed by atoms with van der Waals surface area (Å²) < 4.78 is 8.79. The first kappa shape index (κ1) is 21.1. The lowest BCUT2D eigenvalue weighted by Gasteiger charge is -2.10. The molecule has 0 atom stereocenters. The Hall–Kier alpha value is -4.13. The summed E-state index contributed by atoms with van der Waals surface area (Å²) >= 11 is 0. The molecule has 0 aliphatic rings. The van der Waals surface area contributed by atoms with Crippen molar-refractivity contribution in [3.8, 4) is 22.7 Å². The molecule has 0 saturated heterocycles. The maximum absolute atomic E-state index is 12.5. The molecule has 0 fully saturated rings. The van der Waals surface area contributed by atoms with Gasteiger partial charge in [-0.25, -0.2) is 4.68 Å². The Balaban J connectivity index is 1.37. The highest BCUT2D eigenvalue weighted by atomic mass is 16.5. The van der Waals surface area contributed by atoms with Gasteiger partial charge in [-0.3, -0.25) is 9.59 Å². The van der Waals surface area contributed by atoms with Crippen molar-refractivity contribution in [1.82, 2.24) is 19.7 Å². The van der Waals surface area contributed by atoms with Crippen LogP contribution < -0.4 is 15.6 Å². The average Bonchev–Trinajstić information content (AvgIpc) is 3.36. The molecule has 1 N–H and O–H groups in total. The van der Waals surface area contributed by atoms with Crippen molar-refractivity contribution in [1.29, 1.82) is 0 Å². The van der Waals surface area contributed by atoms with Gasteiger partial charge in [0.15, 0.2) is 0 Å². The molecule has 162 valence electrons. The first-order valence-corrected chi connectivity index (χ1v) is 10.5. The maximum Gasteiger partial charge on any atom is 0.266 e. The van der Waals surface area contributed by atoms with E-state index in [1.54, 1.807) is 18.2 Å². The van der Waals surface area contributed by atoms with Crippen molar-refractivity contribution in [3.63, 3.8) is 0 Å². The monoisotopic (exact) mass is 428 g/mol. The van der Waals surface area contributed by atoms with Gasteiger partial charge >= 0.3 is 0 Å². The summed E-state index contributed by atoms with van der Waals surface area (Å²) in [5, 5.41) is 7.28. The van der Waals surface area contributed by atoms with Gasteiger partial charge in [0.05, 0.1) is 18.8 Å². The van der Waals surface area contributed by atoms with Gasteiger partial charge in [-0.2, -0.15) is 5.10 Å². The zero-order valence-corrected chi connectivity index (χ0v) is 17.8. The van der Waals surface area contributed by atoms with Crippen molar-refractivity contribution in [2.24, 2.45) is 0 Å². The molecule has 2 aromatic heterocycles. The average molecular weight is 428 g/mol. The Kier molecular flexibility index (Phi) is 6.46. The van der Waals surface area contributed by atoms with Crippen LogP contribution in [0.3, 0.4) is 0 Å².